The molecule has 2 aliphatic rings. The van der Waals surface area contributed by atoms with Gasteiger partial charge in [-0.1, -0.05) is 0 Å². The molecule has 11 heteroatoms. The van der Waals surface area contributed by atoms with Crippen LogP contribution in [0.15, 0.2) is 18.2 Å². The summed E-state index contributed by atoms with van der Waals surface area (Å²) < 4.78 is 57.6. The van der Waals surface area contributed by atoms with Crippen LogP contribution in [0, 0.1) is 5.82 Å². The lowest BCUT2D eigenvalue weighted by atomic mass is 9.92. The van der Waals surface area contributed by atoms with E-state index < -0.39 is 25.0 Å². The van der Waals surface area contributed by atoms with Crippen molar-refractivity contribution in [2.24, 2.45) is 0 Å². The lowest BCUT2D eigenvalue weighted by Gasteiger charge is -2.32. The maximum absolute atomic E-state index is 13.5. The molecule has 0 saturated carbocycles. The Labute approximate surface area is 174 Å². The number of amides is 1. The number of piperidine rings is 1. The Kier molecular flexibility index (Phi) is 5.54. The Hall–Kier alpha value is -2.82. The summed E-state index contributed by atoms with van der Waals surface area (Å²) in [6.07, 6.45) is -6.72. The number of rotatable bonds is 3. The average molecular weight is 443 g/mol. The van der Waals surface area contributed by atoms with Crippen LogP contribution in [-0.4, -0.2) is 63.0 Å². The van der Waals surface area contributed by atoms with Gasteiger partial charge in [0.15, 0.2) is 5.75 Å². The highest BCUT2D eigenvalue weighted by Gasteiger charge is 2.43. The maximum Gasteiger partial charge on any atom is 0.427 e. The summed E-state index contributed by atoms with van der Waals surface area (Å²) in [4.78, 5) is 13.2. The van der Waals surface area contributed by atoms with Gasteiger partial charge in [-0.05, 0) is 49.4 Å². The smallest absolute Gasteiger partial charge is 0.427 e. The summed E-state index contributed by atoms with van der Waals surface area (Å²) in [5.41, 5.74) is 2.59. The second kappa shape index (κ2) is 8.03. The molecule has 2 N–H and O–H groups in total. The summed E-state index contributed by atoms with van der Waals surface area (Å²) >= 11 is 0. The zero-order valence-electron chi connectivity index (χ0n) is 16.4. The second-order valence-electron chi connectivity index (χ2n) is 7.72. The van der Waals surface area contributed by atoms with E-state index in [-0.39, 0.29) is 30.6 Å². The molecular formula is C20H21F4N3O4. The van der Waals surface area contributed by atoms with Gasteiger partial charge in [-0.25, -0.2) is 13.9 Å². The van der Waals surface area contributed by atoms with Crippen molar-refractivity contribution in [3.8, 4) is 11.4 Å². The first kappa shape index (κ1) is 21.4. The summed E-state index contributed by atoms with van der Waals surface area (Å²) in [5.74, 6) is -0.470. The van der Waals surface area contributed by atoms with E-state index in [0.29, 0.717) is 42.8 Å². The molecule has 2 aliphatic heterocycles. The molecule has 1 fully saturated rings. The van der Waals surface area contributed by atoms with Gasteiger partial charge in [0.2, 0.25) is 6.10 Å². The van der Waals surface area contributed by atoms with Crippen LogP contribution in [0.5, 0.6) is 5.75 Å². The van der Waals surface area contributed by atoms with E-state index in [2.05, 4.69) is 9.84 Å². The van der Waals surface area contributed by atoms with Gasteiger partial charge in [0.25, 0.3) is 0 Å². The summed E-state index contributed by atoms with van der Waals surface area (Å²) in [7, 11) is 0. The molecule has 1 saturated heterocycles. The van der Waals surface area contributed by atoms with Crippen molar-refractivity contribution in [3.05, 3.63) is 41.0 Å². The monoisotopic (exact) mass is 443 g/mol. The van der Waals surface area contributed by atoms with E-state index >= 15 is 0 Å². The fraction of sp³-hybridized carbons (Fsp3) is 0.500. The number of hydrogen-bond donors (Lipinski definition) is 2. The molecule has 1 amide bonds. The number of aliphatic hydroxyl groups excluding tert-OH is 1. The van der Waals surface area contributed by atoms with Crippen molar-refractivity contribution in [2.45, 2.75) is 43.9 Å². The number of aromatic hydroxyl groups is 1. The number of halogens is 4. The number of fused-ring (bicyclic) bond motifs is 3. The zero-order valence-corrected chi connectivity index (χ0v) is 16.4. The number of aromatic nitrogens is 2. The minimum atomic E-state index is -4.84. The molecule has 1 atom stereocenters. The molecule has 0 spiro atoms. The van der Waals surface area contributed by atoms with Crippen LogP contribution in [0.25, 0.3) is 5.69 Å². The van der Waals surface area contributed by atoms with Gasteiger partial charge in [-0.3, -0.25) is 0 Å². The van der Waals surface area contributed by atoms with Crippen LogP contribution in [0.4, 0.5) is 22.4 Å². The highest BCUT2D eigenvalue weighted by atomic mass is 19.4. The molecule has 1 unspecified atom stereocenters. The van der Waals surface area contributed by atoms with Gasteiger partial charge in [-0.2, -0.15) is 18.3 Å². The molecule has 168 valence electrons. The molecule has 0 bridgehead atoms. The normalized spacial score (nSPS) is 17.8. The number of carbonyl (C=O) groups is 1. The topological polar surface area (TPSA) is 87.8 Å². The van der Waals surface area contributed by atoms with E-state index in [0.717, 1.165) is 10.5 Å². The number of likely N-dealkylation sites (tertiary alicyclic amines) is 1. The van der Waals surface area contributed by atoms with Crippen LogP contribution in [0.3, 0.4) is 0 Å². The van der Waals surface area contributed by atoms with Crippen molar-refractivity contribution in [2.75, 3.05) is 19.7 Å². The number of ether oxygens (including phenoxy) is 1. The van der Waals surface area contributed by atoms with E-state index in [1.165, 1.54) is 12.1 Å². The predicted molar refractivity (Wildman–Crippen MR) is 99.6 cm³/mol. The Balaban J connectivity index is 1.46. The van der Waals surface area contributed by atoms with Gasteiger partial charge >= 0.3 is 12.3 Å². The fourth-order valence-electron chi connectivity index (χ4n) is 4.12. The predicted octanol–water partition coefficient (Wildman–Crippen LogP) is 3.05. The maximum atomic E-state index is 13.5. The lowest BCUT2D eigenvalue weighted by molar-refractivity contribution is -0.214. The highest BCUT2D eigenvalue weighted by Crippen LogP contribution is 2.39. The first-order chi connectivity index (χ1) is 14.7. The quantitative estimate of drug-likeness (QED) is 0.712. The Bertz CT molecular complexity index is 984. The van der Waals surface area contributed by atoms with Crippen molar-refractivity contribution in [1.82, 2.24) is 14.7 Å². The number of alkyl halides is 3. The molecule has 4 rings (SSSR count). The average Bonchev–Trinajstić information content (AvgIpc) is 3.07. The van der Waals surface area contributed by atoms with Gasteiger partial charge in [0.05, 0.1) is 18.0 Å². The number of carbonyl (C=O) groups excluding carboxylic acids is 1. The molecule has 31 heavy (non-hydrogen) atoms. The minimum Gasteiger partial charge on any atom is -0.504 e. The molecule has 0 aliphatic carbocycles. The third-order valence-electron chi connectivity index (χ3n) is 5.79. The summed E-state index contributed by atoms with van der Waals surface area (Å²) in [5, 5.41) is 24.1. The van der Waals surface area contributed by atoms with E-state index in [1.54, 1.807) is 10.7 Å². The third-order valence-corrected chi connectivity index (χ3v) is 5.79. The number of hydrogen-bond acceptors (Lipinski definition) is 5. The Morgan fingerprint density at radius 3 is 2.61 bits per heavy atom. The highest BCUT2D eigenvalue weighted by molar-refractivity contribution is 5.68. The van der Waals surface area contributed by atoms with Gasteiger partial charge < -0.3 is 19.8 Å². The van der Waals surface area contributed by atoms with Crippen molar-refractivity contribution >= 4 is 6.09 Å². The number of benzene rings is 1. The Morgan fingerprint density at radius 2 is 1.97 bits per heavy atom. The number of nitrogens with zero attached hydrogens (tertiary/aromatic N) is 3. The van der Waals surface area contributed by atoms with Gasteiger partial charge in [0.1, 0.15) is 11.5 Å². The summed E-state index contributed by atoms with van der Waals surface area (Å²) in [6.45, 7) is -1.09. The zero-order chi connectivity index (χ0) is 22.3. The molecule has 1 aromatic carbocycles. The first-order valence-corrected chi connectivity index (χ1v) is 9.91. The van der Waals surface area contributed by atoms with Crippen molar-refractivity contribution in [3.63, 3.8) is 0 Å². The van der Waals surface area contributed by atoms with E-state index in [1.807, 2.05) is 0 Å². The van der Waals surface area contributed by atoms with Gasteiger partial charge in [-0.15, -0.1) is 0 Å². The van der Waals surface area contributed by atoms with E-state index in [9.17, 15) is 27.5 Å². The second-order valence-corrected chi connectivity index (χ2v) is 7.72. The van der Waals surface area contributed by atoms with Crippen LogP contribution in [0.2, 0.25) is 0 Å². The van der Waals surface area contributed by atoms with E-state index in [4.69, 9.17) is 5.11 Å². The van der Waals surface area contributed by atoms with Crippen molar-refractivity contribution in [1.29, 1.82) is 0 Å². The van der Waals surface area contributed by atoms with Crippen molar-refractivity contribution < 1.29 is 37.3 Å². The number of aliphatic hydroxyl groups is 1. The third kappa shape index (κ3) is 4.06. The van der Waals surface area contributed by atoms with Crippen LogP contribution >= 0.6 is 0 Å². The van der Waals surface area contributed by atoms with Crippen LogP contribution in [-0.2, 0) is 17.6 Å². The number of aryl methyl sites for hydroxylation is 1. The minimum absolute atomic E-state index is 0.0633. The molecular weight excluding hydrogens is 422 g/mol. The first-order valence-electron chi connectivity index (χ1n) is 9.91. The molecule has 2 aromatic rings. The fourth-order valence-corrected chi connectivity index (χ4v) is 4.12. The Morgan fingerprint density at radius 1 is 1.26 bits per heavy atom. The molecule has 7 nitrogen and oxygen atoms in total. The largest absolute Gasteiger partial charge is 0.504 e. The molecule has 3 heterocycles. The molecule has 1 aromatic heterocycles. The molecule has 0 radical (unpaired) electrons. The van der Waals surface area contributed by atoms with Crippen LogP contribution in [0.1, 0.15) is 35.7 Å². The van der Waals surface area contributed by atoms with Crippen LogP contribution < -0.4 is 0 Å². The standard InChI is InChI=1S/C20H21F4N3O4/c21-13-2-4-14-12(9-13)1-3-15-18(29)17(25-27(14)15)11-5-7-26(8-6-11)19(30)31-16(10-28)20(22,23)24/h2,4,9,11,16,28-29H,1,3,5-8,10H2. The SMILES string of the molecule is O=C(OC(CO)C(F)(F)F)N1CCC(c2nn3c(c2O)CCc2cc(F)ccc2-3)CC1. The van der Waals surface area contributed by atoms with Gasteiger partial charge in [0, 0.05) is 19.0 Å². The lowest BCUT2D eigenvalue weighted by Crippen LogP contribution is -2.44. The summed E-state index contributed by atoms with van der Waals surface area (Å²) in [6, 6.07) is 4.39.